The van der Waals surface area contributed by atoms with Gasteiger partial charge in [0.1, 0.15) is 5.82 Å². The van der Waals surface area contributed by atoms with Gasteiger partial charge in [0.2, 0.25) is 0 Å². The van der Waals surface area contributed by atoms with Crippen molar-refractivity contribution in [1.29, 1.82) is 0 Å². The molecule has 3 N–H and O–H groups in total. The van der Waals surface area contributed by atoms with E-state index in [0.717, 1.165) is 14.8 Å². The van der Waals surface area contributed by atoms with Gasteiger partial charge in [0.25, 0.3) is 11.9 Å². The zero-order valence-electron chi connectivity index (χ0n) is 12.5. The zero-order chi connectivity index (χ0) is 17.1. The first-order valence-corrected chi connectivity index (χ1v) is 7.98. The summed E-state index contributed by atoms with van der Waals surface area (Å²) in [5.74, 6) is -0.875. The average Bonchev–Trinajstić information content (AvgIpc) is 3.03. The molecular weight excluding hydrogens is 426 g/mol. The lowest BCUT2D eigenvalue weighted by atomic mass is 10.1. The van der Waals surface area contributed by atoms with Crippen molar-refractivity contribution in [3.63, 3.8) is 0 Å². The Hall–Kier alpha value is -2.56. The Bertz CT molecular complexity index is 884. The number of amides is 1. The van der Waals surface area contributed by atoms with E-state index < -0.39 is 11.7 Å². The third-order valence-corrected chi connectivity index (χ3v) is 3.93. The van der Waals surface area contributed by atoms with Crippen LogP contribution in [0.2, 0.25) is 0 Å². The highest BCUT2D eigenvalue weighted by molar-refractivity contribution is 14.1. The van der Waals surface area contributed by atoms with Crippen molar-refractivity contribution in [2.75, 3.05) is 10.6 Å². The molecule has 122 valence electrons. The number of carbonyl (C=O) groups is 1. The summed E-state index contributed by atoms with van der Waals surface area (Å²) in [6.45, 7) is 1.93. The Morgan fingerprint density at radius 2 is 2.04 bits per heavy atom. The van der Waals surface area contributed by atoms with Gasteiger partial charge in [-0.15, -0.1) is 5.10 Å². The number of benzene rings is 2. The van der Waals surface area contributed by atoms with Crippen LogP contribution in [-0.2, 0) is 0 Å². The van der Waals surface area contributed by atoms with Crippen LogP contribution in [0.1, 0.15) is 15.9 Å². The first-order chi connectivity index (χ1) is 11.5. The largest absolute Gasteiger partial charge is 0.355 e. The molecule has 9 heteroatoms. The minimum Gasteiger partial charge on any atom is -0.355 e. The van der Waals surface area contributed by atoms with Crippen LogP contribution in [0.4, 0.5) is 21.7 Å². The van der Waals surface area contributed by atoms with Crippen molar-refractivity contribution in [2.45, 2.75) is 6.92 Å². The molecule has 1 heterocycles. The number of nitrogens with zero attached hydrogens (tertiary/aromatic N) is 3. The Kier molecular flexibility index (Phi) is 4.69. The van der Waals surface area contributed by atoms with E-state index in [1.54, 1.807) is 0 Å². The van der Waals surface area contributed by atoms with Crippen molar-refractivity contribution in [2.24, 2.45) is 0 Å². The van der Waals surface area contributed by atoms with Gasteiger partial charge in [-0.2, -0.15) is 5.21 Å². The van der Waals surface area contributed by atoms with Crippen LogP contribution in [0.15, 0.2) is 36.4 Å². The molecule has 0 aliphatic rings. The molecule has 0 saturated heterocycles. The molecule has 0 fully saturated rings. The first-order valence-electron chi connectivity index (χ1n) is 6.90. The molecule has 0 unspecified atom stereocenters. The Balaban J connectivity index is 1.92. The molecule has 0 spiro atoms. The van der Waals surface area contributed by atoms with Crippen molar-refractivity contribution >= 4 is 45.8 Å². The lowest BCUT2D eigenvalue weighted by Gasteiger charge is -2.13. The first kappa shape index (κ1) is 16.3. The van der Waals surface area contributed by atoms with Crippen molar-refractivity contribution < 1.29 is 9.18 Å². The Morgan fingerprint density at radius 1 is 1.21 bits per heavy atom. The lowest BCUT2D eigenvalue weighted by Crippen LogP contribution is -2.15. The van der Waals surface area contributed by atoms with Crippen LogP contribution in [0.5, 0.6) is 0 Å². The topological polar surface area (TPSA) is 95.6 Å². The summed E-state index contributed by atoms with van der Waals surface area (Å²) in [4.78, 5) is 12.4. The quantitative estimate of drug-likeness (QED) is 0.544. The maximum absolute atomic E-state index is 13.6. The van der Waals surface area contributed by atoms with E-state index in [-0.39, 0.29) is 11.5 Å². The summed E-state index contributed by atoms with van der Waals surface area (Å²) in [6, 6.07) is 9.67. The maximum atomic E-state index is 13.6. The van der Waals surface area contributed by atoms with Crippen LogP contribution in [0.3, 0.4) is 0 Å². The summed E-state index contributed by atoms with van der Waals surface area (Å²) in [5.41, 5.74) is 2.38. The van der Waals surface area contributed by atoms with Crippen molar-refractivity contribution in [3.05, 3.63) is 56.9 Å². The van der Waals surface area contributed by atoms with E-state index in [4.69, 9.17) is 0 Å². The predicted octanol–water partition coefficient (Wildman–Crippen LogP) is 3.25. The third kappa shape index (κ3) is 3.67. The summed E-state index contributed by atoms with van der Waals surface area (Å²) in [5, 5.41) is 18.5. The van der Waals surface area contributed by atoms with E-state index in [1.165, 1.54) is 18.2 Å². The SMILES string of the molecule is Cc1cc(I)ccc1Nc1cc(F)ccc1C(=O)Nc1nn[nH]n1. The second kappa shape index (κ2) is 6.91. The molecule has 0 bridgehead atoms. The monoisotopic (exact) mass is 438 g/mol. The van der Waals surface area contributed by atoms with Gasteiger partial charge in [-0.3, -0.25) is 10.1 Å². The van der Waals surface area contributed by atoms with E-state index in [2.05, 4.69) is 53.8 Å². The lowest BCUT2D eigenvalue weighted by molar-refractivity contribution is 0.102. The van der Waals surface area contributed by atoms with Gasteiger partial charge in [0, 0.05) is 9.26 Å². The van der Waals surface area contributed by atoms with E-state index in [0.29, 0.717) is 5.69 Å². The number of anilines is 3. The van der Waals surface area contributed by atoms with Crippen LogP contribution >= 0.6 is 22.6 Å². The smallest absolute Gasteiger partial charge is 0.270 e. The molecule has 3 rings (SSSR count). The number of carbonyl (C=O) groups excluding carboxylic acids is 1. The molecule has 3 aromatic rings. The molecule has 1 aromatic heterocycles. The van der Waals surface area contributed by atoms with Crippen LogP contribution < -0.4 is 10.6 Å². The number of aromatic nitrogens is 4. The van der Waals surface area contributed by atoms with Gasteiger partial charge in [-0.05, 0) is 76.7 Å². The van der Waals surface area contributed by atoms with Gasteiger partial charge in [0.05, 0.1) is 11.3 Å². The van der Waals surface area contributed by atoms with E-state index in [9.17, 15) is 9.18 Å². The highest BCUT2D eigenvalue weighted by Gasteiger charge is 2.15. The molecule has 24 heavy (non-hydrogen) atoms. The van der Waals surface area contributed by atoms with Gasteiger partial charge < -0.3 is 5.32 Å². The summed E-state index contributed by atoms with van der Waals surface area (Å²) in [6.07, 6.45) is 0. The molecule has 0 saturated carbocycles. The Morgan fingerprint density at radius 3 is 2.75 bits per heavy atom. The average molecular weight is 438 g/mol. The number of aromatic amines is 1. The van der Waals surface area contributed by atoms with Gasteiger partial charge >= 0.3 is 0 Å². The number of H-pyrrole nitrogens is 1. The number of nitrogens with one attached hydrogen (secondary N) is 3. The second-order valence-electron chi connectivity index (χ2n) is 4.96. The number of halogens is 2. The minimum absolute atomic E-state index is 0.0423. The minimum atomic E-state index is -0.470. The molecule has 1 amide bonds. The highest BCUT2D eigenvalue weighted by Crippen LogP contribution is 2.26. The standard InChI is InChI=1S/C15H12FIN6O/c1-8-6-10(17)3-5-12(8)18-13-7-9(16)2-4-11(13)14(24)19-15-20-22-23-21-15/h2-7,18H,1H3,(H2,19,20,21,22,23,24). The van der Waals surface area contributed by atoms with Crippen LogP contribution in [-0.4, -0.2) is 26.5 Å². The number of tetrazole rings is 1. The van der Waals surface area contributed by atoms with Gasteiger partial charge in [-0.1, -0.05) is 5.10 Å². The molecule has 7 nitrogen and oxygen atoms in total. The van der Waals surface area contributed by atoms with Crippen LogP contribution in [0.25, 0.3) is 0 Å². The number of hydrogen-bond donors (Lipinski definition) is 3. The fourth-order valence-corrected chi connectivity index (χ4v) is 2.76. The summed E-state index contributed by atoms with van der Waals surface area (Å²) in [7, 11) is 0. The van der Waals surface area contributed by atoms with Crippen molar-refractivity contribution in [3.8, 4) is 0 Å². The number of hydrogen-bond acceptors (Lipinski definition) is 5. The molecule has 0 aliphatic heterocycles. The Labute approximate surface area is 150 Å². The number of aryl methyl sites for hydroxylation is 1. The van der Waals surface area contributed by atoms with E-state index >= 15 is 0 Å². The third-order valence-electron chi connectivity index (χ3n) is 3.25. The fourth-order valence-electron chi connectivity index (χ4n) is 2.11. The number of rotatable bonds is 4. The zero-order valence-corrected chi connectivity index (χ0v) is 14.6. The highest BCUT2D eigenvalue weighted by atomic mass is 127. The van der Waals surface area contributed by atoms with Gasteiger partial charge in [0.15, 0.2) is 0 Å². The predicted molar refractivity (Wildman–Crippen MR) is 95.7 cm³/mol. The molecular formula is C15H12FIN6O. The molecule has 2 aromatic carbocycles. The summed E-state index contributed by atoms with van der Waals surface area (Å²) < 4.78 is 14.7. The normalized spacial score (nSPS) is 10.5. The molecule has 0 atom stereocenters. The maximum Gasteiger partial charge on any atom is 0.270 e. The second-order valence-corrected chi connectivity index (χ2v) is 6.21. The summed E-state index contributed by atoms with van der Waals surface area (Å²) >= 11 is 2.21. The van der Waals surface area contributed by atoms with Crippen molar-refractivity contribution in [1.82, 2.24) is 20.6 Å². The van der Waals surface area contributed by atoms with E-state index in [1.807, 2.05) is 25.1 Å². The van der Waals surface area contributed by atoms with Crippen LogP contribution in [0, 0.1) is 16.3 Å². The fraction of sp³-hybridized carbons (Fsp3) is 0.0667. The molecule has 0 aliphatic carbocycles. The van der Waals surface area contributed by atoms with Gasteiger partial charge in [-0.25, -0.2) is 4.39 Å². The molecule has 0 radical (unpaired) electrons.